The van der Waals surface area contributed by atoms with E-state index in [0.29, 0.717) is 6.42 Å². The number of para-hydroxylation sites is 1. The van der Waals surface area contributed by atoms with Crippen LogP contribution in [-0.4, -0.2) is 6.10 Å². The standard InChI is InChI=1S/C18H21FO/c1-14-8-12-17(19)13-11-16(14)10-9-15(2)20-18-6-4-3-5-7-18/h3-8,11-12,15H,9-10,13H2,1-2H3. The van der Waals surface area contributed by atoms with E-state index in [1.165, 1.54) is 5.57 Å². The summed E-state index contributed by atoms with van der Waals surface area (Å²) in [6, 6.07) is 9.84. The summed E-state index contributed by atoms with van der Waals surface area (Å²) < 4.78 is 19.1. The van der Waals surface area contributed by atoms with Crippen LogP contribution in [0.3, 0.4) is 0 Å². The van der Waals surface area contributed by atoms with Gasteiger partial charge in [-0.3, -0.25) is 0 Å². The van der Waals surface area contributed by atoms with Crippen LogP contribution >= 0.6 is 0 Å². The molecule has 20 heavy (non-hydrogen) atoms. The van der Waals surface area contributed by atoms with Crippen molar-refractivity contribution < 1.29 is 9.13 Å². The van der Waals surface area contributed by atoms with Gasteiger partial charge in [-0.05, 0) is 56.0 Å². The smallest absolute Gasteiger partial charge is 0.119 e. The lowest BCUT2D eigenvalue weighted by molar-refractivity contribution is 0.211. The molecule has 0 N–H and O–H groups in total. The number of ether oxygens (including phenoxy) is 1. The first-order chi connectivity index (χ1) is 9.65. The number of hydrogen-bond donors (Lipinski definition) is 0. The van der Waals surface area contributed by atoms with Crippen LogP contribution in [0.2, 0.25) is 0 Å². The first-order valence-electron chi connectivity index (χ1n) is 7.09. The molecule has 0 radical (unpaired) electrons. The minimum atomic E-state index is -0.0760. The molecule has 0 saturated heterocycles. The molecule has 0 saturated carbocycles. The fourth-order valence-electron chi connectivity index (χ4n) is 2.22. The molecule has 1 aliphatic rings. The zero-order valence-electron chi connectivity index (χ0n) is 12.1. The topological polar surface area (TPSA) is 9.23 Å². The Bertz CT molecular complexity index is 526. The second-order valence-corrected chi connectivity index (χ2v) is 5.18. The molecule has 1 aromatic carbocycles. The molecule has 106 valence electrons. The fourth-order valence-corrected chi connectivity index (χ4v) is 2.22. The van der Waals surface area contributed by atoms with Crippen molar-refractivity contribution in [3.05, 3.63) is 65.5 Å². The molecule has 2 heteroatoms. The van der Waals surface area contributed by atoms with Gasteiger partial charge >= 0.3 is 0 Å². The van der Waals surface area contributed by atoms with Gasteiger partial charge < -0.3 is 4.74 Å². The van der Waals surface area contributed by atoms with Gasteiger partial charge in [0, 0.05) is 6.42 Å². The summed E-state index contributed by atoms with van der Waals surface area (Å²) in [5.41, 5.74) is 2.36. The van der Waals surface area contributed by atoms with E-state index in [1.807, 2.05) is 49.4 Å². The molecule has 1 aromatic rings. The number of benzene rings is 1. The summed E-state index contributed by atoms with van der Waals surface area (Å²) in [7, 11) is 0. The summed E-state index contributed by atoms with van der Waals surface area (Å²) in [5.74, 6) is 0.822. The Kier molecular flexibility index (Phi) is 5.16. The maximum atomic E-state index is 13.2. The van der Waals surface area contributed by atoms with E-state index in [1.54, 1.807) is 6.08 Å². The highest BCUT2D eigenvalue weighted by Gasteiger charge is 2.09. The molecule has 2 rings (SSSR count). The maximum Gasteiger partial charge on any atom is 0.119 e. The van der Waals surface area contributed by atoms with Crippen molar-refractivity contribution in [3.8, 4) is 5.75 Å². The molecule has 1 nitrogen and oxygen atoms in total. The van der Waals surface area contributed by atoms with Crippen LogP contribution in [0.1, 0.15) is 33.1 Å². The van der Waals surface area contributed by atoms with Crippen molar-refractivity contribution in [1.82, 2.24) is 0 Å². The van der Waals surface area contributed by atoms with Crippen LogP contribution in [0.15, 0.2) is 65.5 Å². The van der Waals surface area contributed by atoms with Gasteiger partial charge in [-0.1, -0.05) is 30.4 Å². The normalized spacial score (nSPS) is 16.6. The van der Waals surface area contributed by atoms with E-state index in [9.17, 15) is 4.39 Å². The lowest BCUT2D eigenvalue weighted by Gasteiger charge is -2.16. The van der Waals surface area contributed by atoms with Gasteiger partial charge in [0.15, 0.2) is 0 Å². The first-order valence-corrected chi connectivity index (χ1v) is 7.09. The van der Waals surface area contributed by atoms with Crippen LogP contribution in [0.5, 0.6) is 5.75 Å². The third kappa shape index (κ3) is 4.37. The van der Waals surface area contributed by atoms with Gasteiger partial charge in [0.05, 0.1) is 6.10 Å². The second kappa shape index (κ2) is 7.09. The molecule has 1 atom stereocenters. The third-order valence-electron chi connectivity index (χ3n) is 3.46. The zero-order chi connectivity index (χ0) is 14.4. The number of rotatable bonds is 5. The molecule has 1 unspecified atom stereocenters. The molecular weight excluding hydrogens is 251 g/mol. The highest BCUT2D eigenvalue weighted by atomic mass is 19.1. The van der Waals surface area contributed by atoms with Gasteiger partial charge in [-0.15, -0.1) is 0 Å². The van der Waals surface area contributed by atoms with Crippen LogP contribution in [0, 0.1) is 0 Å². The third-order valence-corrected chi connectivity index (χ3v) is 3.46. The van der Waals surface area contributed by atoms with E-state index in [2.05, 4.69) is 6.92 Å². The van der Waals surface area contributed by atoms with Crippen molar-refractivity contribution >= 4 is 0 Å². The average molecular weight is 272 g/mol. The molecule has 0 aromatic heterocycles. The van der Waals surface area contributed by atoms with E-state index < -0.39 is 0 Å². The minimum Gasteiger partial charge on any atom is -0.491 e. The molecule has 1 aliphatic carbocycles. The van der Waals surface area contributed by atoms with Gasteiger partial charge in [-0.2, -0.15) is 0 Å². The van der Waals surface area contributed by atoms with Crippen molar-refractivity contribution in [2.75, 3.05) is 0 Å². The van der Waals surface area contributed by atoms with E-state index >= 15 is 0 Å². The monoisotopic (exact) mass is 272 g/mol. The molecular formula is C18H21FO. The first kappa shape index (κ1) is 14.6. The SMILES string of the molecule is CC1=CC=C(F)CC=C1CCC(C)Oc1ccccc1. The van der Waals surface area contributed by atoms with Crippen LogP contribution in [-0.2, 0) is 0 Å². The number of allylic oxidation sites excluding steroid dienone is 6. The molecule has 0 aliphatic heterocycles. The summed E-state index contributed by atoms with van der Waals surface area (Å²) in [6.45, 7) is 4.10. The van der Waals surface area contributed by atoms with Crippen LogP contribution in [0.4, 0.5) is 4.39 Å². The Morgan fingerprint density at radius 3 is 2.70 bits per heavy atom. The van der Waals surface area contributed by atoms with Gasteiger partial charge in [-0.25, -0.2) is 4.39 Å². The maximum absolute atomic E-state index is 13.2. The minimum absolute atomic E-state index is 0.0760. The van der Waals surface area contributed by atoms with Crippen molar-refractivity contribution in [2.45, 2.75) is 39.2 Å². The fraction of sp³-hybridized carbons (Fsp3) is 0.333. The predicted molar refractivity (Wildman–Crippen MR) is 81.4 cm³/mol. The zero-order valence-corrected chi connectivity index (χ0v) is 12.1. The summed E-state index contributed by atoms with van der Waals surface area (Å²) in [6.07, 6.45) is 7.79. The molecule has 0 fully saturated rings. The Labute approximate surface area is 120 Å². The summed E-state index contributed by atoms with van der Waals surface area (Å²) in [5, 5.41) is 0. The number of halogens is 1. The second-order valence-electron chi connectivity index (χ2n) is 5.18. The van der Waals surface area contributed by atoms with Gasteiger partial charge in [0.1, 0.15) is 11.6 Å². The van der Waals surface area contributed by atoms with Crippen molar-refractivity contribution in [2.24, 2.45) is 0 Å². The summed E-state index contributed by atoms with van der Waals surface area (Å²) in [4.78, 5) is 0. The predicted octanol–water partition coefficient (Wildman–Crippen LogP) is 5.36. The Morgan fingerprint density at radius 2 is 1.95 bits per heavy atom. The Morgan fingerprint density at radius 1 is 1.20 bits per heavy atom. The molecule has 0 heterocycles. The summed E-state index contributed by atoms with van der Waals surface area (Å²) >= 11 is 0. The van der Waals surface area contributed by atoms with Gasteiger partial charge in [0.2, 0.25) is 0 Å². The molecule has 0 spiro atoms. The van der Waals surface area contributed by atoms with Gasteiger partial charge in [0.25, 0.3) is 0 Å². The highest BCUT2D eigenvalue weighted by molar-refractivity contribution is 5.36. The van der Waals surface area contributed by atoms with E-state index in [-0.39, 0.29) is 11.9 Å². The highest BCUT2D eigenvalue weighted by Crippen LogP contribution is 2.24. The Balaban J connectivity index is 1.86. The molecule has 0 bridgehead atoms. The number of hydrogen-bond acceptors (Lipinski definition) is 1. The van der Waals surface area contributed by atoms with Crippen molar-refractivity contribution in [1.29, 1.82) is 0 Å². The lowest BCUT2D eigenvalue weighted by atomic mass is 10.0. The Hall–Kier alpha value is -1.83. The van der Waals surface area contributed by atoms with E-state index in [0.717, 1.165) is 24.2 Å². The van der Waals surface area contributed by atoms with Crippen molar-refractivity contribution in [3.63, 3.8) is 0 Å². The quantitative estimate of drug-likeness (QED) is 0.700. The van der Waals surface area contributed by atoms with Crippen LogP contribution < -0.4 is 4.74 Å². The lowest BCUT2D eigenvalue weighted by Crippen LogP contribution is -2.12. The van der Waals surface area contributed by atoms with E-state index in [4.69, 9.17) is 4.74 Å². The molecule has 0 amide bonds. The van der Waals surface area contributed by atoms with Crippen LogP contribution in [0.25, 0.3) is 0 Å². The average Bonchev–Trinajstić information content (AvgIpc) is 2.60. The largest absolute Gasteiger partial charge is 0.491 e.